The Balaban J connectivity index is 0.000000560. The van der Waals surface area contributed by atoms with E-state index in [4.69, 9.17) is 0 Å². The summed E-state index contributed by atoms with van der Waals surface area (Å²) in [6.45, 7) is 6.47. The maximum Gasteiger partial charge on any atom is 0.397 e. The van der Waals surface area contributed by atoms with Crippen LogP contribution < -0.4 is 40.9 Å². The Labute approximate surface area is 325 Å². The Kier molecular flexibility index (Phi) is 19.1. The van der Waals surface area contributed by atoms with Crippen molar-refractivity contribution in [3.8, 4) is 0 Å². The molecule has 4 amide bonds. The molecule has 0 unspecified atom stereocenters. The summed E-state index contributed by atoms with van der Waals surface area (Å²) < 4.78 is 18.7. The zero-order valence-corrected chi connectivity index (χ0v) is 33.8. The van der Waals surface area contributed by atoms with Crippen molar-refractivity contribution in [1.82, 2.24) is 0 Å². The van der Waals surface area contributed by atoms with Gasteiger partial charge in [0.1, 0.15) is 0 Å². The zero-order valence-electron chi connectivity index (χ0n) is 33.8. The van der Waals surface area contributed by atoms with Gasteiger partial charge in [0, 0.05) is 56.4 Å². The lowest BCUT2D eigenvalue weighted by molar-refractivity contribution is -0.152. The number of carbonyl (C=O) groups is 8. The molecule has 0 aliphatic carbocycles. The molecule has 0 aliphatic heterocycles. The Morgan fingerprint density at radius 2 is 0.536 bits per heavy atom. The van der Waals surface area contributed by atoms with Gasteiger partial charge in [-0.15, -0.1) is 0 Å². The van der Waals surface area contributed by atoms with Crippen LogP contribution in [0.5, 0.6) is 0 Å². The molecule has 0 spiro atoms. The summed E-state index contributed by atoms with van der Waals surface area (Å²) in [6.07, 6.45) is 0. The summed E-state index contributed by atoms with van der Waals surface area (Å²) in [4.78, 5) is 102. The summed E-state index contributed by atoms with van der Waals surface area (Å²) in [7, 11) is 14.4. The number of amides is 4. The highest BCUT2D eigenvalue weighted by molar-refractivity contribution is 6.40. The molecule has 0 fully saturated rings. The van der Waals surface area contributed by atoms with Crippen molar-refractivity contribution in [2.75, 3.05) is 124 Å². The van der Waals surface area contributed by atoms with Crippen LogP contribution in [0.3, 0.4) is 0 Å². The van der Waals surface area contributed by atoms with Crippen molar-refractivity contribution >= 4 is 93.0 Å². The van der Waals surface area contributed by atoms with Gasteiger partial charge in [-0.1, -0.05) is 0 Å². The van der Waals surface area contributed by atoms with E-state index in [1.165, 1.54) is 0 Å². The summed E-state index contributed by atoms with van der Waals surface area (Å²) in [5.41, 5.74) is 3.35. The van der Waals surface area contributed by atoms with Crippen molar-refractivity contribution in [3.63, 3.8) is 0 Å². The highest BCUT2D eigenvalue weighted by Crippen LogP contribution is 2.37. The molecule has 0 saturated heterocycles. The first-order valence-corrected chi connectivity index (χ1v) is 17.2. The second kappa shape index (κ2) is 22.6. The Hall–Kier alpha value is -6.60. The smallest absolute Gasteiger partial charge is 0.397 e. The third-order valence-corrected chi connectivity index (χ3v) is 6.99. The van der Waals surface area contributed by atoms with Gasteiger partial charge in [-0.25, -0.2) is 19.2 Å². The van der Waals surface area contributed by atoms with Gasteiger partial charge in [0.2, 0.25) is 0 Å². The molecule has 0 bridgehead atoms. The standard InChI is InChI=1S/2C18H26N4O6/c2*1-7-27-17(25)15(23)19-11-9-13(21(3)4)14(22(5)6)10-12(11)20-16(24)18(26)28-8-2/h2*9-10H,7-8H2,1-6H3,(H,19,23)(H,20,24). The molecule has 0 aromatic heterocycles. The topological polar surface area (TPSA) is 235 Å². The first kappa shape index (κ1) is 47.4. The molecule has 0 aliphatic rings. The van der Waals surface area contributed by atoms with E-state index >= 15 is 0 Å². The van der Waals surface area contributed by atoms with Crippen LogP contribution in [-0.4, -0.2) is 130 Å². The van der Waals surface area contributed by atoms with Crippen LogP contribution in [0.15, 0.2) is 24.3 Å². The molecule has 4 N–H and O–H groups in total. The van der Waals surface area contributed by atoms with E-state index < -0.39 is 47.5 Å². The van der Waals surface area contributed by atoms with Crippen LogP contribution in [0.4, 0.5) is 45.5 Å². The van der Waals surface area contributed by atoms with Gasteiger partial charge >= 0.3 is 47.5 Å². The fourth-order valence-corrected chi connectivity index (χ4v) is 4.48. The summed E-state index contributed by atoms with van der Waals surface area (Å²) in [6, 6.07) is 6.31. The molecule has 0 saturated carbocycles. The number of esters is 4. The minimum atomic E-state index is -1.06. The highest BCUT2D eigenvalue weighted by Gasteiger charge is 2.24. The predicted molar refractivity (Wildman–Crippen MR) is 211 cm³/mol. The third-order valence-electron chi connectivity index (χ3n) is 6.99. The molecule has 2 rings (SSSR count). The van der Waals surface area contributed by atoms with E-state index in [0.29, 0.717) is 22.7 Å². The van der Waals surface area contributed by atoms with Crippen molar-refractivity contribution in [1.29, 1.82) is 0 Å². The monoisotopic (exact) mass is 788 g/mol. The first-order valence-electron chi connectivity index (χ1n) is 17.2. The van der Waals surface area contributed by atoms with Crippen LogP contribution in [0.25, 0.3) is 0 Å². The van der Waals surface area contributed by atoms with Crippen LogP contribution in [-0.2, 0) is 57.3 Å². The zero-order chi connectivity index (χ0) is 42.9. The van der Waals surface area contributed by atoms with E-state index in [0.717, 1.165) is 0 Å². The summed E-state index contributed by atoms with van der Waals surface area (Å²) in [5.74, 6) is -8.26. The number of benzene rings is 2. The highest BCUT2D eigenvalue weighted by atomic mass is 16.6. The van der Waals surface area contributed by atoms with Crippen LogP contribution in [0.2, 0.25) is 0 Å². The number of nitrogens with one attached hydrogen (secondary N) is 4. The van der Waals surface area contributed by atoms with Crippen molar-refractivity contribution in [2.45, 2.75) is 27.7 Å². The van der Waals surface area contributed by atoms with Gasteiger partial charge in [-0.3, -0.25) is 19.2 Å². The molecule has 2 aromatic rings. The maximum atomic E-state index is 12.1. The van der Waals surface area contributed by atoms with Gasteiger partial charge in [0.15, 0.2) is 0 Å². The number of hydrogen-bond acceptors (Lipinski definition) is 16. The van der Waals surface area contributed by atoms with Crippen LogP contribution in [0, 0.1) is 0 Å². The number of hydrogen-bond donors (Lipinski definition) is 4. The molecular weight excluding hydrogens is 736 g/mol. The average Bonchev–Trinajstić information content (AvgIpc) is 3.12. The lowest BCUT2D eigenvalue weighted by Crippen LogP contribution is -2.28. The molecular formula is C36H52N8O12. The Bertz CT molecular complexity index is 1520. The molecule has 308 valence electrons. The fraction of sp³-hybridized carbons (Fsp3) is 0.444. The summed E-state index contributed by atoms with van der Waals surface area (Å²) in [5, 5.41) is 9.63. The molecule has 0 atom stereocenters. The second-order valence-corrected chi connectivity index (χ2v) is 12.0. The minimum Gasteiger partial charge on any atom is -0.459 e. The molecule has 20 heteroatoms. The van der Waals surface area contributed by atoms with E-state index in [2.05, 4.69) is 40.2 Å². The lowest BCUT2D eigenvalue weighted by Gasteiger charge is -2.25. The van der Waals surface area contributed by atoms with Gasteiger partial charge in [-0.2, -0.15) is 0 Å². The quantitative estimate of drug-likeness (QED) is 0.136. The van der Waals surface area contributed by atoms with E-state index in [1.807, 2.05) is 0 Å². The van der Waals surface area contributed by atoms with E-state index in [-0.39, 0.29) is 49.2 Å². The van der Waals surface area contributed by atoms with Crippen molar-refractivity contribution in [3.05, 3.63) is 24.3 Å². The molecule has 0 radical (unpaired) electrons. The van der Waals surface area contributed by atoms with E-state index in [9.17, 15) is 38.4 Å². The molecule has 2 aromatic carbocycles. The number of anilines is 8. The van der Waals surface area contributed by atoms with Gasteiger partial charge in [-0.05, 0) is 52.0 Å². The van der Waals surface area contributed by atoms with Gasteiger partial charge in [0.25, 0.3) is 0 Å². The number of rotatable bonds is 12. The lowest BCUT2D eigenvalue weighted by atomic mass is 10.1. The summed E-state index contributed by atoms with van der Waals surface area (Å²) >= 11 is 0. The first-order chi connectivity index (χ1) is 26.2. The fourth-order valence-electron chi connectivity index (χ4n) is 4.48. The molecule has 20 nitrogen and oxygen atoms in total. The van der Waals surface area contributed by atoms with Crippen LogP contribution >= 0.6 is 0 Å². The minimum absolute atomic E-state index is 0.0429. The van der Waals surface area contributed by atoms with E-state index in [1.54, 1.807) is 128 Å². The Morgan fingerprint density at radius 3 is 0.661 bits per heavy atom. The second-order valence-electron chi connectivity index (χ2n) is 12.0. The van der Waals surface area contributed by atoms with Crippen LogP contribution in [0.1, 0.15) is 27.7 Å². The number of carbonyl (C=O) groups excluding carboxylic acids is 8. The Morgan fingerprint density at radius 1 is 0.375 bits per heavy atom. The molecule has 0 heterocycles. The maximum absolute atomic E-state index is 12.1. The van der Waals surface area contributed by atoms with Crippen molar-refractivity contribution < 1.29 is 57.3 Å². The van der Waals surface area contributed by atoms with Crippen molar-refractivity contribution in [2.24, 2.45) is 0 Å². The normalized spacial score (nSPS) is 9.93. The number of nitrogens with zero attached hydrogens (tertiary/aromatic N) is 4. The van der Waals surface area contributed by atoms with Gasteiger partial charge < -0.3 is 59.8 Å². The van der Waals surface area contributed by atoms with Gasteiger partial charge in [0.05, 0.1) is 71.9 Å². The third kappa shape index (κ3) is 14.0. The SMILES string of the molecule is CCOC(=O)C(=O)Nc1cc(N(C)C)c(N(C)C)cc1NC(=O)C(=O)OCC.CCOC(=O)C(=O)Nc1cc(N(C)C)c(N(C)C)cc1NC(=O)C(=O)OCC. The average molecular weight is 789 g/mol. The largest absolute Gasteiger partial charge is 0.459 e. The number of ether oxygens (including phenoxy) is 4. The predicted octanol–water partition coefficient (Wildman–Crippen LogP) is 1.64. The molecule has 56 heavy (non-hydrogen) atoms.